The number of nitrogens with one attached hydrogen (secondary N) is 1. The quantitative estimate of drug-likeness (QED) is 0.752. The summed E-state index contributed by atoms with van der Waals surface area (Å²) in [5.74, 6) is -0.495. The van der Waals surface area contributed by atoms with Crippen LogP contribution in [0.25, 0.3) is 0 Å². The normalized spacial score (nSPS) is 9.47. The number of nitrogens with zero attached hydrogens (tertiary/aromatic N) is 2. The third-order valence-electron chi connectivity index (χ3n) is 1.80. The van der Waals surface area contributed by atoms with Crippen LogP contribution in [-0.4, -0.2) is 42.3 Å². The molecule has 1 heterocycles. The Morgan fingerprint density at radius 3 is 2.67 bits per heavy atom. The fourth-order valence-corrected chi connectivity index (χ4v) is 0.902. The fourth-order valence-electron chi connectivity index (χ4n) is 0.902. The van der Waals surface area contributed by atoms with Gasteiger partial charge in [0.2, 0.25) is 5.91 Å². The van der Waals surface area contributed by atoms with E-state index in [0.29, 0.717) is 5.69 Å². The van der Waals surface area contributed by atoms with Gasteiger partial charge < -0.3 is 10.2 Å². The Hall–Kier alpha value is -1.91. The highest BCUT2D eigenvalue weighted by Crippen LogP contribution is 1.92. The van der Waals surface area contributed by atoms with E-state index < -0.39 is 0 Å². The SMILES string of the molecule is CN(C)C(=O)CNC(=O)c1ccccn1. The van der Waals surface area contributed by atoms with Crippen molar-refractivity contribution in [2.45, 2.75) is 0 Å². The van der Waals surface area contributed by atoms with Gasteiger partial charge in [0.25, 0.3) is 5.91 Å². The molecule has 80 valence electrons. The number of likely N-dealkylation sites (N-methyl/N-ethyl adjacent to an activating group) is 1. The second-order valence-electron chi connectivity index (χ2n) is 3.19. The lowest BCUT2D eigenvalue weighted by atomic mass is 10.3. The molecule has 0 fully saturated rings. The van der Waals surface area contributed by atoms with Crippen LogP contribution >= 0.6 is 0 Å². The van der Waals surface area contributed by atoms with E-state index >= 15 is 0 Å². The van der Waals surface area contributed by atoms with E-state index in [9.17, 15) is 9.59 Å². The third-order valence-corrected chi connectivity index (χ3v) is 1.80. The molecule has 0 saturated carbocycles. The van der Waals surface area contributed by atoms with Crippen LogP contribution < -0.4 is 5.32 Å². The molecule has 0 aliphatic heterocycles. The number of hydrogen-bond acceptors (Lipinski definition) is 3. The van der Waals surface area contributed by atoms with Gasteiger partial charge in [0.15, 0.2) is 0 Å². The Morgan fingerprint density at radius 1 is 1.40 bits per heavy atom. The van der Waals surface area contributed by atoms with Gasteiger partial charge in [0, 0.05) is 20.3 Å². The largest absolute Gasteiger partial charge is 0.347 e. The Labute approximate surface area is 88.1 Å². The summed E-state index contributed by atoms with van der Waals surface area (Å²) < 4.78 is 0. The van der Waals surface area contributed by atoms with E-state index in [0.717, 1.165) is 0 Å². The zero-order chi connectivity index (χ0) is 11.3. The van der Waals surface area contributed by atoms with Gasteiger partial charge in [-0.1, -0.05) is 6.07 Å². The summed E-state index contributed by atoms with van der Waals surface area (Å²) in [6.45, 7) is -0.0115. The first-order chi connectivity index (χ1) is 7.11. The van der Waals surface area contributed by atoms with Crippen LogP contribution in [0.15, 0.2) is 24.4 Å². The monoisotopic (exact) mass is 207 g/mol. The topological polar surface area (TPSA) is 62.3 Å². The van der Waals surface area contributed by atoms with Crippen LogP contribution in [-0.2, 0) is 4.79 Å². The molecule has 15 heavy (non-hydrogen) atoms. The van der Waals surface area contributed by atoms with Gasteiger partial charge in [-0.3, -0.25) is 14.6 Å². The van der Waals surface area contributed by atoms with Crippen LogP contribution in [0.4, 0.5) is 0 Å². The van der Waals surface area contributed by atoms with Crippen LogP contribution in [0.5, 0.6) is 0 Å². The molecule has 0 spiro atoms. The number of hydrogen-bond donors (Lipinski definition) is 1. The number of pyridine rings is 1. The van der Waals surface area contributed by atoms with Gasteiger partial charge in [-0.2, -0.15) is 0 Å². The second kappa shape index (κ2) is 5.09. The van der Waals surface area contributed by atoms with Gasteiger partial charge in [-0.15, -0.1) is 0 Å². The Bertz CT molecular complexity index is 349. The molecule has 0 unspecified atom stereocenters. The highest BCUT2D eigenvalue weighted by molar-refractivity contribution is 5.94. The highest BCUT2D eigenvalue weighted by Gasteiger charge is 2.09. The van der Waals surface area contributed by atoms with Crippen molar-refractivity contribution < 1.29 is 9.59 Å². The van der Waals surface area contributed by atoms with Crippen LogP contribution in [0, 0.1) is 0 Å². The summed E-state index contributed by atoms with van der Waals surface area (Å²) >= 11 is 0. The Morgan fingerprint density at radius 2 is 2.13 bits per heavy atom. The minimum atomic E-state index is -0.342. The molecule has 1 aromatic rings. The zero-order valence-corrected chi connectivity index (χ0v) is 8.73. The third kappa shape index (κ3) is 3.38. The van der Waals surface area contributed by atoms with E-state index in [1.807, 2.05) is 0 Å². The summed E-state index contributed by atoms with van der Waals surface area (Å²) in [4.78, 5) is 27.9. The molecule has 0 aliphatic rings. The second-order valence-corrected chi connectivity index (χ2v) is 3.19. The number of amides is 2. The maximum Gasteiger partial charge on any atom is 0.270 e. The van der Waals surface area contributed by atoms with Crippen molar-refractivity contribution in [3.05, 3.63) is 30.1 Å². The molecule has 1 aromatic heterocycles. The average molecular weight is 207 g/mol. The molecule has 1 N–H and O–H groups in total. The highest BCUT2D eigenvalue weighted by atomic mass is 16.2. The predicted molar refractivity (Wildman–Crippen MR) is 55.3 cm³/mol. The maximum atomic E-state index is 11.4. The van der Waals surface area contributed by atoms with E-state index in [-0.39, 0.29) is 18.4 Å². The molecule has 0 radical (unpaired) electrons. The molecule has 5 nitrogen and oxygen atoms in total. The van der Waals surface area contributed by atoms with E-state index in [1.54, 1.807) is 32.3 Å². The molecular formula is C10H13N3O2. The summed E-state index contributed by atoms with van der Waals surface area (Å²) in [6, 6.07) is 5.03. The van der Waals surface area contributed by atoms with Crippen LogP contribution in [0.2, 0.25) is 0 Å². The first-order valence-electron chi connectivity index (χ1n) is 4.50. The first-order valence-corrected chi connectivity index (χ1v) is 4.50. The van der Waals surface area contributed by atoms with E-state index in [2.05, 4.69) is 10.3 Å². The van der Waals surface area contributed by atoms with Crippen molar-refractivity contribution in [1.29, 1.82) is 0 Å². The zero-order valence-electron chi connectivity index (χ0n) is 8.73. The molecule has 0 saturated heterocycles. The summed E-state index contributed by atoms with van der Waals surface area (Å²) in [6.07, 6.45) is 1.53. The number of rotatable bonds is 3. The lowest BCUT2D eigenvalue weighted by molar-refractivity contribution is -0.127. The smallest absolute Gasteiger partial charge is 0.270 e. The van der Waals surface area contributed by atoms with Gasteiger partial charge in [0.1, 0.15) is 5.69 Å². The van der Waals surface area contributed by atoms with Gasteiger partial charge >= 0.3 is 0 Å². The molecule has 0 bridgehead atoms. The minimum absolute atomic E-state index is 0.0115. The van der Waals surface area contributed by atoms with E-state index in [1.165, 1.54) is 11.1 Å². The number of aromatic nitrogens is 1. The summed E-state index contributed by atoms with van der Waals surface area (Å²) in [7, 11) is 3.27. The maximum absolute atomic E-state index is 11.4. The molecule has 0 aliphatic carbocycles. The summed E-state index contributed by atoms with van der Waals surface area (Å²) in [5, 5.41) is 2.49. The predicted octanol–water partition coefficient (Wildman–Crippen LogP) is -0.100. The Kier molecular flexibility index (Phi) is 3.79. The Balaban J connectivity index is 2.48. The molecule has 0 aromatic carbocycles. The van der Waals surface area contributed by atoms with Gasteiger partial charge in [0.05, 0.1) is 6.54 Å². The standard InChI is InChI=1S/C10H13N3O2/c1-13(2)9(14)7-12-10(15)8-5-3-4-6-11-8/h3-6H,7H2,1-2H3,(H,12,15). The lowest BCUT2D eigenvalue weighted by Crippen LogP contribution is -2.36. The minimum Gasteiger partial charge on any atom is -0.347 e. The number of carbonyl (C=O) groups excluding carboxylic acids is 2. The molecule has 0 atom stereocenters. The van der Waals surface area contributed by atoms with Crippen molar-refractivity contribution in [3.63, 3.8) is 0 Å². The summed E-state index contributed by atoms with van der Waals surface area (Å²) in [5.41, 5.74) is 0.309. The van der Waals surface area contributed by atoms with Gasteiger partial charge in [-0.05, 0) is 12.1 Å². The number of carbonyl (C=O) groups is 2. The van der Waals surface area contributed by atoms with Crippen molar-refractivity contribution in [3.8, 4) is 0 Å². The van der Waals surface area contributed by atoms with Crippen molar-refractivity contribution >= 4 is 11.8 Å². The molecule has 5 heteroatoms. The molecule has 2 amide bonds. The van der Waals surface area contributed by atoms with Crippen LogP contribution in [0.3, 0.4) is 0 Å². The lowest BCUT2D eigenvalue weighted by Gasteiger charge is -2.10. The molecular weight excluding hydrogens is 194 g/mol. The van der Waals surface area contributed by atoms with Crippen molar-refractivity contribution in [1.82, 2.24) is 15.2 Å². The molecule has 1 rings (SSSR count). The van der Waals surface area contributed by atoms with Crippen LogP contribution in [0.1, 0.15) is 10.5 Å². The average Bonchev–Trinajstić information content (AvgIpc) is 2.26. The van der Waals surface area contributed by atoms with E-state index in [4.69, 9.17) is 0 Å². The fraction of sp³-hybridized carbons (Fsp3) is 0.300. The van der Waals surface area contributed by atoms with Gasteiger partial charge in [-0.25, -0.2) is 0 Å². The first kappa shape index (κ1) is 11.2. The van der Waals surface area contributed by atoms with Crippen molar-refractivity contribution in [2.75, 3.05) is 20.6 Å². The van der Waals surface area contributed by atoms with Crippen molar-refractivity contribution in [2.24, 2.45) is 0 Å².